The molecule has 0 aliphatic heterocycles. The number of carbonyl (C=O) groups is 1. The maximum Gasteiger partial charge on any atom is 1.00 e. The van der Waals surface area contributed by atoms with E-state index in [0.717, 1.165) is 0 Å². The van der Waals surface area contributed by atoms with Gasteiger partial charge in [-0.3, -0.25) is 4.79 Å². The van der Waals surface area contributed by atoms with Crippen molar-refractivity contribution in [1.29, 1.82) is 0 Å². The van der Waals surface area contributed by atoms with Crippen LogP contribution in [0.4, 0.5) is 0 Å². The molecule has 0 aliphatic rings. The second-order valence-corrected chi connectivity index (χ2v) is 1.50. The molecular weight excluding hydrogens is 131 g/mol. The molecule has 56 valence electrons. The van der Waals surface area contributed by atoms with Crippen LogP contribution >= 0.6 is 0 Å². The quantitative estimate of drug-likeness (QED) is 0.340. The predicted molar refractivity (Wildman–Crippen MR) is 31.2 cm³/mol. The number of ether oxygens (including phenoxy) is 2. The van der Waals surface area contributed by atoms with Crippen LogP contribution in [0.3, 0.4) is 0 Å². The summed E-state index contributed by atoms with van der Waals surface area (Å²) in [6, 6.07) is 0. The first-order chi connectivity index (χ1) is 4.20. The fraction of sp³-hybridized carbons (Fsp3) is 0.800. The minimum absolute atomic E-state index is 0. The van der Waals surface area contributed by atoms with Gasteiger partial charge in [-0.25, -0.2) is 0 Å². The number of methoxy groups -OCH3 is 2. The molecule has 0 radical (unpaired) electrons. The predicted octanol–water partition coefficient (Wildman–Crippen LogP) is -2.80. The Labute approximate surface area is 73.2 Å². The van der Waals surface area contributed by atoms with Crippen LogP contribution in [0.25, 0.3) is 0 Å². The van der Waals surface area contributed by atoms with E-state index in [2.05, 4.69) is 9.47 Å². The molecule has 1 N–H and O–H groups in total. The van der Waals surface area contributed by atoms with Gasteiger partial charge in [-0.15, -0.1) is 0 Å². The van der Waals surface area contributed by atoms with Gasteiger partial charge in [-0.1, -0.05) is 0 Å². The Bertz CT molecular complexity index is 96.5. The smallest absolute Gasteiger partial charge is 1.00 e. The molecule has 10 heavy (non-hydrogen) atoms. The Morgan fingerprint density at radius 1 is 1.60 bits per heavy atom. The van der Waals surface area contributed by atoms with Gasteiger partial charge in [0.1, 0.15) is 0 Å². The van der Waals surface area contributed by atoms with Crippen molar-refractivity contribution in [2.75, 3.05) is 14.2 Å². The summed E-state index contributed by atoms with van der Waals surface area (Å²) in [6.07, 6.45) is -0.741. The van der Waals surface area contributed by atoms with Gasteiger partial charge in [0.05, 0.1) is 6.42 Å². The van der Waals surface area contributed by atoms with Gasteiger partial charge in [0.15, 0.2) is 6.29 Å². The Morgan fingerprint density at radius 3 is 2.10 bits per heavy atom. The van der Waals surface area contributed by atoms with Crippen molar-refractivity contribution < 1.29 is 39.7 Å². The van der Waals surface area contributed by atoms with Crippen molar-refractivity contribution in [1.82, 2.24) is 0 Å². The van der Waals surface area contributed by atoms with E-state index in [4.69, 9.17) is 5.11 Å². The van der Waals surface area contributed by atoms with Crippen LogP contribution in [0.1, 0.15) is 7.85 Å². The second kappa shape index (κ2) is 7.10. The van der Waals surface area contributed by atoms with Crippen molar-refractivity contribution >= 4 is 5.97 Å². The molecule has 4 nitrogen and oxygen atoms in total. The van der Waals surface area contributed by atoms with Gasteiger partial charge >= 0.3 is 24.8 Å². The number of aliphatic carboxylic acids is 1. The summed E-state index contributed by atoms with van der Waals surface area (Å²) >= 11 is 0. The molecule has 0 aliphatic carbocycles. The monoisotopic (exact) mass is 142 g/mol. The molecule has 0 aromatic heterocycles. The maximum atomic E-state index is 9.97. The van der Waals surface area contributed by atoms with E-state index in [1.807, 2.05) is 0 Å². The SMILES string of the molecule is COC(CC(=O)O)OC.[H-].[Li+]. The molecule has 0 fully saturated rings. The van der Waals surface area contributed by atoms with Gasteiger partial charge in [0.2, 0.25) is 0 Å². The molecule has 0 atom stereocenters. The van der Waals surface area contributed by atoms with Crippen LogP contribution in [-0.2, 0) is 14.3 Å². The van der Waals surface area contributed by atoms with Crippen molar-refractivity contribution in [3.63, 3.8) is 0 Å². The molecule has 0 rings (SSSR count). The molecule has 0 aromatic carbocycles. The van der Waals surface area contributed by atoms with E-state index in [-0.39, 0.29) is 26.7 Å². The molecule has 0 aromatic rings. The first-order valence-corrected chi connectivity index (χ1v) is 2.48. The number of carboxylic acid groups (broad SMARTS) is 1. The zero-order chi connectivity index (χ0) is 7.28. The molecule has 5 heteroatoms. The number of hydrogen-bond acceptors (Lipinski definition) is 3. The topological polar surface area (TPSA) is 55.8 Å². The van der Waals surface area contributed by atoms with E-state index in [0.29, 0.717) is 0 Å². The van der Waals surface area contributed by atoms with Crippen molar-refractivity contribution in [3.8, 4) is 0 Å². The van der Waals surface area contributed by atoms with E-state index >= 15 is 0 Å². The van der Waals surface area contributed by atoms with Crippen molar-refractivity contribution in [2.45, 2.75) is 12.7 Å². The minimum Gasteiger partial charge on any atom is -1.00 e. The van der Waals surface area contributed by atoms with E-state index in [1.54, 1.807) is 0 Å². The Kier molecular flexibility index (Phi) is 8.98. The third-order valence-corrected chi connectivity index (χ3v) is 0.867. The third-order valence-electron chi connectivity index (χ3n) is 0.867. The first-order valence-electron chi connectivity index (χ1n) is 2.48. The Hall–Kier alpha value is -0.0126. The number of carboxylic acids is 1. The third kappa shape index (κ3) is 6.11. The zero-order valence-corrected chi connectivity index (χ0v) is 6.46. The fourth-order valence-electron chi connectivity index (χ4n) is 0.405. The molecule has 0 saturated carbocycles. The van der Waals surface area contributed by atoms with Gasteiger partial charge in [0.25, 0.3) is 0 Å². The normalized spacial score (nSPS) is 9.10. The summed E-state index contributed by atoms with van der Waals surface area (Å²) in [5.41, 5.74) is 0. The molecule has 0 amide bonds. The molecule has 0 heterocycles. The Morgan fingerprint density at radius 2 is 2.00 bits per heavy atom. The average Bonchev–Trinajstić information content (AvgIpc) is 1.82. The summed E-state index contributed by atoms with van der Waals surface area (Å²) < 4.78 is 9.21. The van der Waals surface area contributed by atoms with Crippen LogP contribution < -0.4 is 18.9 Å². The summed E-state index contributed by atoms with van der Waals surface area (Å²) in [7, 11) is 2.80. The van der Waals surface area contributed by atoms with E-state index in [9.17, 15) is 4.79 Å². The maximum absolute atomic E-state index is 9.97. The average molecular weight is 142 g/mol. The summed E-state index contributed by atoms with van der Waals surface area (Å²) in [5, 5.41) is 8.19. The fourth-order valence-corrected chi connectivity index (χ4v) is 0.405. The Balaban J connectivity index is -0.000000320. The van der Waals surface area contributed by atoms with Gasteiger partial charge in [0, 0.05) is 14.2 Å². The zero-order valence-electron chi connectivity index (χ0n) is 7.46. The summed E-state index contributed by atoms with van der Waals surface area (Å²) in [5.74, 6) is -0.927. The van der Waals surface area contributed by atoms with E-state index in [1.165, 1.54) is 14.2 Å². The first kappa shape index (κ1) is 12.6. The van der Waals surface area contributed by atoms with Crippen molar-refractivity contribution in [2.24, 2.45) is 0 Å². The van der Waals surface area contributed by atoms with Crippen LogP contribution in [0.5, 0.6) is 0 Å². The number of hydrogen-bond donors (Lipinski definition) is 1. The van der Waals surface area contributed by atoms with Gasteiger partial charge < -0.3 is 16.0 Å². The second-order valence-electron chi connectivity index (χ2n) is 1.50. The minimum atomic E-state index is -0.927. The van der Waals surface area contributed by atoms with Crippen LogP contribution in [0.2, 0.25) is 0 Å². The van der Waals surface area contributed by atoms with Crippen LogP contribution in [-0.4, -0.2) is 31.6 Å². The molecule has 0 unspecified atom stereocenters. The standard InChI is InChI=1S/C5H10O4.Li.H/c1-8-5(9-2)3-4(6)7;;/h5H,3H2,1-2H3,(H,6,7);;/q;+1;-1. The number of rotatable bonds is 4. The largest absolute Gasteiger partial charge is 1.00 e. The van der Waals surface area contributed by atoms with Gasteiger partial charge in [-0.2, -0.15) is 0 Å². The van der Waals surface area contributed by atoms with Crippen LogP contribution in [0.15, 0.2) is 0 Å². The summed E-state index contributed by atoms with van der Waals surface area (Å²) in [4.78, 5) is 9.97. The molecule has 0 bridgehead atoms. The van der Waals surface area contributed by atoms with Crippen LogP contribution in [0, 0.1) is 0 Å². The van der Waals surface area contributed by atoms with E-state index < -0.39 is 12.3 Å². The van der Waals surface area contributed by atoms with Crippen molar-refractivity contribution in [3.05, 3.63) is 0 Å². The van der Waals surface area contributed by atoms with Gasteiger partial charge in [-0.05, 0) is 0 Å². The summed E-state index contributed by atoms with van der Waals surface area (Å²) in [6.45, 7) is 0. The molecule has 0 saturated heterocycles. The molecular formula is C5H11LiO4. The molecule has 0 spiro atoms.